The summed E-state index contributed by atoms with van der Waals surface area (Å²) < 4.78 is 10.5. The van der Waals surface area contributed by atoms with Crippen molar-refractivity contribution in [1.29, 1.82) is 0 Å². The summed E-state index contributed by atoms with van der Waals surface area (Å²) in [6.45, 7) is 2.37. The van der Waals surface area contributed by atoms with Gasteiger partial charge in [0.1, 0.15) is 12.4 Å². The highest BCUT2D eigenvalue weighted by Gasteiger charge is 2.04. The number of hydrogen-bond donors (Lipinski definition) is 1. The Hall–Kier alpha value is -0.930. The SMILES string of the molecule is COC(C)COc1cc(N)ccc1Cl. The zero-order valence-corrected chi connectivity index (χ0v) is 9.04. The highest BCUT2D eigenvalue weighted by Crippen LogP contribution is 2.26. The summed E-state index contributed by atoms with van der Waals surface area (Å²) in [6.07, 6.45) is 0.0347. The summed E-state index contributed by atoms with van der Waals surface area (Å²) in [5.41, 5.74) is 6.23. The highest BCUT2D eigenvalue weighted by atomic mass is 35.5. The van der Waals surface area contributed by atoms with Crippen LogP contribution in [-0.4, -0.2) is 19.8 Å². The number of halogens is 1. The second-order valence-electron chi connectivity index (χ2n) is 3.05. The zero-order chi connectivity index (χ0) is 10.6. The Morgan fingerprint density at radius 2 is 2.21 bits per heavy atom. The van der Waals surface area contributed by atoms with E-state index in [1.54, 1.807) is 25.3 Å². The summed E-state index contributed by atoms with van der Waals surface area (Å²) >= 11 is 5.90. The third kappa shape index (κ3) is 3.09. The molecule has 0 fully saturated rings. The molecule has 0 spiro atoms. The summed E-state index contributed by atoms with van der Waals surface area (Å²) in [6, 6.07) is 5.14. The van der Waals surface area contributed by atoms with Gasteiger partial charge in [0.2, 0.25) is 0 Å². The third-order valence-electron chi connectivity index (χ3n) is 1.83. The van der Waals surface area contributed by atoms with Gasteiger partial charge < -0.3 is 15.2 Å². The van der Waals surface area contributed by atoms with E-state index in [9.17, 15) is 0 Å². The van der Waals surface area contributed by atoms with Crippen LogP contribution in [0.2, 0.25) is 5.02 Å². The lowest BCUT2D eigenvalue weighted by molar-refractivity contribution is 0.0717. The molecule has 1 atom stereocenters. The number of methoxy groups -OCH3 is 1. The topological polar surface area (TPSA) is 44.5 Å². The maximum Gasteiger partial charge on any atom is 0.140 e. The predicted octanol–water partition coefficient (Wildman–Crippen LogP) is 2.34. The van der Waals surface area contributed by atoms with Crippen LogP contribution in [0.3, 0.4) is 0 Å². The minimum absolute atomic E-state index is 0.0347. The number of rotatable bonds is 4. The molecule has 0 radical (unpaired) electrons. The maximum absolute atomic E-state index is 5.90. The van der Waals surface area contributed by atoms with Gasteiger partial charge in [-0.3, -0.25) is 0 Å². The third-order valence-corrected chi connectivity index (χ3v) is 2.14. The zero-order valence-electron chi connectivity index (χ0n) is 8.29. The Morgan fingerprint density at radius 3 is 2.86 bits per heavy atom. The normalized spacial score (nSPS) is 12.5. The largest absolute Gasteiger partial charge is 0.489 e. The molecule has 2 N–H and O–H groups in total. The lowest BCUT2D eigenvalue weighted by atomic mass is 10.3. The standard InChI is InChI=1S/C10H14ClNO2/c1-7(13-2)6-14-10-5-8(12)3-4-9(10)11/h3-5,7H,6,12H2,1-2H3. The molecule has 0 aliphatic heterocycles. The van der Waals surface area contributed by atoms with Crippen molar-refractivity contribution in [3.63, 3.8) is 0 Å². The summed E-state index contributed by atoms with van der Waals surface area (Å²) in [5.74, 6) is 0.593. The van der Waals surface area contributed by atoms with Gasteiger partial charge in [0.25, 0.3) is 0 Å². The van der Waals surface area contributed by atoms with Crippen LogP contribution in [0.4, 0.5) is 5.69 Å². The maximum atomic E-state index is 5.90. The fraction of sp³-hybridized carbons (Fsp3) is 0.400. The van der Waals surface area contributed by atoms with Gasteiger partial charge in [-0.1, -0.05) is 11.6 Å². The minimum atomic E-state index is 0.0347. The molecule has 0 saturated carbocycles. The molecule has 1 aromatic rings. The van der Waals surface area contributed by atoms with E-state index in [2.05, 4.69) is 0 Å². The molecule has 0 saturated heterocycles. The van der Waals surface area contributed by atoms with E-state index in [0.717, 1.165) is 0 Å². The van der Waals surface area contributed by atoms with Gasteiger partial charge in [0.05, 0.1) is 11.1 Å². The molecule has 1 aromatic carbocycles. The predicted molar refractivity (Wildman–Crippen MR) is 57.8 cm³/mol. The van der Waals surface area contributed by atoms with E-state index in [0.29, 0.717) is 23.1 Å². The molecular formula is C10H14ClNO2. The fourth-order valence-electron chi connectivity index (χ4n) is 0.906. The van der Waals surface area contributed by atoms with E-state index in [1.807, 2.05) is 6.92 Å². The van der Waals surface area contributed by atoms with E-state index < -0.39 is 0 Å². The first-order valence-corrected chi connectivity index (χ1v) is 4.72. The molecule has 4 heteroatoms. The Labute approximate surface area is 88.8 Å². The first-order chi connectivity index (χ1) is 6.63. The van der Waals surface area contributed by atoms with Gasteiger partial charge in [-0.05, 0) is 19.1 Å². The van der Waals surface area contributed by atoms with Gasteiger partial charge in [-0.15, -0.1) is 0 Å². The van der Waals surface area contributed by atoms with Crippen molar-refractivity contribution < 1.29 is 9.47 Å². The van der Waals surface area contributed by atoms with E-state index in [4.69, 9.17) is 26.8 Å². The molecule has 3 nitrogen and oxygen atoms in total. The number of anilines is 1. The minimum Gasteiger partial charge on any atom is -0.489 e. The van der Waals surface area contributed by atoms with Crippen molar-refractivity contribution in [2.24, 2.45) is 0 Å². The van der Waals surface area contributed by atoms with Crippen molar-refractivity contribution >= 4 is 17.3 Å². The van der Waals surface area contributed by atoms with Gasteiger partial charge in [0.15, 0.2) is 0 Å². The Balaban J connectivity index is 2.62. The van der Waals surface area contributed by atoms with Crippen LogP contribution in [0.15, 0.2) is 18.2 Å². The molecule has 78 valence electrons. The van der Waals surface area contributed by atoms with Gasteiger partial charge in [-0.25, -0.2) is 0 Å². The van der Waals surface area contributed by atoms with Crippen molar-refractivity contribution in [1.82, 2.24) is 0 Å². The smallest absolute Gasteiger partial charge is 0.140 e. The van der Waals surface area contributed by atoms with Gasteiger partial charge in [-0.2, -0.15) is 0 Å². The first kappa shape index (κ1) is 11.1. The summed E-state index contributed by atoms with van der Waals surface area (Å²) in [7, 11) is 1.63. The lowest BCUT2D eigenvalue weighted by Crippen LogP contribution is -2.16. The molecule has 0 aromatic heterocycles. The van der Waals surface area contributed by atoms with E-state index in [1.165, 1.54) is 0 Å². The average Bonchev–Trinajstić information content (AvgIpc) is 2.19. The van der Waals surface area contributed by atoms with Crippen molar-refractivity contribution in [2.75, 3.05) is 19.5 Å². The number of nitrogen functional groups attached to an aromatic ring is 1. The number of nitrogens with two attached hydrogens (primary N) is 1. The van der Waals surface area contributed by atoms with E-state index in [-0.39, 0.29) is 6.10 Å². The fourth-order valence-corrected chi connectivity index (χ4v) is 1.08. The number of hydrogen-bond acceptors (Lipinski definition) is 3. The molecule has 0 aliphatic carbocycles. The average molecular weight is 216 g/mol. The van der Waals surface area contributed by atoms with Gasteiger partial charge in [0, 0.05) is 18.9 Å². The number of benzene rings is 1. The molecule has 0 heterocycles. The molecule has 0 amide bonds. The number of ether oxygens (including phenoxy) is 2. The van der Waals surface area contributed by atoms with Crippen LogP contribution in [0.25, 0.3) is 0 Å². The van der Waals surface area contributed by atoms with Crippen LogP contribution >= 0.6 is 11.6 Å². The molecule has 0 aliphatic rings. The van der Waals surface area contributed by atoms with Crippen molar-refractivity contribution in [3.05, 3.63) is 23.2 Å². The van der Waals surface area contributed by atoms with Crippen LogP contribution in [0.5, 0.6) is 5.75 Å². The molecular weight excluding hydrogens is 202 g/mol. The van der Waals surface area contributed by atoms with Crippen LogP contribution in [-0.2, 0) is 4.74 Å². The summed E-state index contributed by atoms with van der Waals surface area (Å²) in [5, 5.41) is 0.558. The van der Waals surface area contributed by atoms with Crippen LogP contribution < -0.4 is 10.5 Å². The lowest BCUT2D eigenvalue weighted by Gasteiger charge is -2.12. The summed E-state index contributed by atoms with van der Waals surface area (Å²) in [4.78, 5) is 0. The highest BCUT2D eigenvalue weighted by molar-refractivity contribution is 6.32. The van der Waals surface area contributed by atoms with Crippen LogP contribution in [0.1, 0.15) is 6.92 Å². The van der Waals surface area contributed by atoms with Crippen molar-refractivity contribution in [3.8, 4) is 5.75 Å². The molecule has 1 rings (SSSR count). The molecule has 1 unspecified atom stereocenters. The molecule has 14 heavy (non-hydrogen) atoms. The second kappa shape index (κ2) is 5.08. The first-order valence-electron chi connectivity index (χ1n) is 4.34. The quantitative estimate of drug-likeness (QED) is 0.785. The molecule has 0 bridgehead atoms. The second-order valence-corrected chi connectivity index (χ2v) is 3.45. The van der Waals surface area contributed by atoms with Crippen LogP contribution in [0, 0.1) is 0 Å². The van der Waals surface area contributed by atoms with Crippen molar-refractivity contribution in [2.45, 2.75) is 13.0 Å². The Kier molecular flexibility index (Phi) is 4.04. The monoisotopic (exact) mass is 215 g/mol. The van der Waals surface area contributed by atoms with Gasteiger partial charge >= 0.3 is 0 Å². The Morgan fingerprint density at radius 1 is 1.50 bits per heavy atom. The van der Waals surface area contributed by atoms with E-state index >= 15 is 0 Å². The Bertz CT molecular complexity index is 304.